The smallest absolute Gasteiger partial charge is 0.288 e. The van der Waals surface area contributed by atoms with Gasteiger partial charge in [-0.25, -0.2) is 0 Å². The van der Waals surface area contributed by atoms with Gasteiger partial charge in [-0.2, -0.15) is 5.26 Å². The number of rotatable bonds is 8. The fourth-order valence-corrected chi connectivity index (χ4v) is 3.10. The molecule has 30 heavy (non-hydrogen) atoms. The average molecular weight is 434 g/mol. The highest BCUT2D eigenvalue weighted by Crippen LogP contribution is 2.29. The third kappa shape index (κ3) is 4.67. The van der Waals surface area contributed by atoms with Crippen LogP contribution >= 0.6 is 11.6 Å². The van der Waals surface area contributed by atoms with Crippen molar-refractivity contribution >= 4 is 23.1 Å². The van der Waals surface area contributed by atoms with Crippen molar-refractivity contribution in [1.82, 2.24) is 4.57 Å². The molecule has 0 spiro atoms. The molecule has 0 aliphatic heterocycles. The second-order valence-corrected chi connectivity index (χ2v) is 7.20. The highest BCUT2D eigenvalue weighted by atomic mass is 35.5. The van der Waals surface area contributed by atoms with E-state index in [0.717, 1.165) is 10.6 Å². The van der Waals surface area contributed by atoms with Gasteiger partial charge in [0, 0.05) is 24.8 Å². The molecule has 0 aliphatic rings. The van der Waals surface area contributed by atoms with Gasteiger partial charge in [-0.3, -0.25) is 24.3 Å². The number of halogens is 1. The van der Waals surface area contributed by atoms with Gasteiger partial charge in [0.15, 0.2) is 5.78 Å². The number of aromatic nitrogens is 1. The van der Waals surface area contributed by atoms with E-state index in [1.165, 1.54) is 19.1 Å². The average Bonchev–Trinajstić information content (AvgIpc) is 2.67. The fraction of sp³-hybridized carbons (Fsp3) is 0.350. The van der Waals surface area contributed by atoms with Gasteiger partial charge >= 0.3 is 0 Å². The molecule has 1 aromatic heterocycles. The molecule has 0 atom stereocenters. The number of hydrogen-bond acceptors (Lipinski definition) is 7. The molecule has 158 valence electrons. The van der Waals surface area contributed by atoms with E-state index >= 15 is 0 Å². The summed E-state index contributed by atoms with van der Waals surface area (Å²) in [6.07, 6.45) is 0.348. The molecule has 0 saturated carbocycles. The van der Waals surface area contributed by atoms with E-state index in [-0.39, 0.29) is 39.9 Å². The van der Waals surface area contributed by atoms with E-state index in [1.807, 2.05) is 13.8 Å². The monoisotopic (exact) mass is 433 g/mol. The first-order chi connectivity index (χ1) is 14.1. The number of nitro groups is 1. The summed E-state index contributed by atoms with van der Waals surface area (Å²) in [5.74, 6) is -1.38. The van der Waals surface area contributed by atoms with Crippen LogP contribution in [0, 0.1) is 28.4 Å². The third-order valence-electron chi connectivity index (χ3n) is 4.41. The van der Waals surface area contributed by atoms with E-state index in [2.05, 4.69) is 0 Å². The lowest BCUT2D eigenvalue weighted by atomic mass is 9.97. The zero-order valence-electron chi connectivity index (χ0n) is 16.6. The Hall–Kier alpha value is -3.22. The Bertz CT molecular complexity index is 1100. The number of ketones is 1. The van der Waals surface area contributed by atoms with Crippen molar-refractivity contribution in [2.45, 2.75) is 39.8 Å². The van der Waals surface area contributed by atoms with E-state index in [4.69, 9.17) is 16.3 Å². The first-order valence-electron chi connectivity index (χ1n) is 9.06. The predicted molar refractivity (Wildman–Crippen MR) is 109 cm³/mol. The molecular formula is C20H20ClN3O6. The Morgan fingerprint density at radius 3 is 2.67 bits per heavy atom. The highest BCUT2D eigenvalue weighted by molar-refractivity contribution is 6.32. The summed E-state index contributed by atoms with van der Waals surface area (Å²) in [7, 11) is 0. The molecule has 0 fully saturated rings. The third-order valence-corrected chi connectivity index (χ3v) is 4.73. The van der Waals surface area contributed by atoms with Gasteiger partial charge in [0.05, 0.1) is 16.6 Å². The zero-order valence-corrected chi connectivity index (χ0v) is 17.4. The molecule has 0 radical (unpaired) electrons. The largest absolute Gasteiger partial charge is 0.494 e. The molecule has 9 nitrogen and oxygen atoms in total. The maximum absolute atomic E-state index is 13.0. The lowest BCUT2D eigenvalue weighted by Gasteiger charge is -2.16. The number of aromatic hydroxyl groups is 1. The van der Waals surface area contributed by atoms with E-state index in [0.29, 0.717) is 13.0 Å². The number of carbonyl (C=O) groups is 1. The first kappa shape index (κ1) is 23.1. The van der Waals surface area contributed by atoms with Crippen LogP contribution < -0.4 is 5.56 Å². The van der Waals surface area contributed by atoms with Crippen LogP contribution in [0.3, 0.4) is 0 Å². The lowest BCUT2D eigenvalue weighted by molar-refractivity contribution is -0.384. The summed E-state index contributed by atoms with van der Waals surface area (Å²) in [6, 6.07) is 5.23. The van der Waals surface area contributed by atoms with Crippen LogP contribution in [-0.4, -0.2) is 33.1 Å². The molecule has 2 aromatic rings. The van der Waals surface area contributed by atoms with Crippen LogP contribution in [0.2, 0.25) is 5.02 Å². The molecular weight excluding hydrogens is 414 g/mol. The van der Waals surface area contributed by atoms with Gasteiger partial charge in [-0.15, -0.1) is 0 Å². The first-order valence-corrected chi connectivity index (χ1v) is 9.44. The van der Waals surface area contributed by atoms with Crippen LogP contribution in [0.15, 0.2) is 23.0 Å². The number of carbonyl (C=O) groups excluding carboxylic acids is 1. The minimum Gasteiger partial charge on any atom is -0.494 e. The number of ether oxygens (including phenoxy) is 1. The fourth-order valence-electron chi connectivity index (χ4n) is 2.91. The summed E-state index contributed by atoms with van der Waals surface area (Å²) in [4.78, 5) is 36.0. The Morgan fingerprint density at radius 2 is 2.10 bits per heavy atom. The second kappa shape index (κ2) is 9.52. The van der Waals surface area contributed by atoms with Crippen molar-refractivity contribution in [2.75, 3.05) is 6.61 Å². The van der Waals surface area contributed by atoms with Crippen LogP contribution in [-0.2, 0) is 11.3 Å². The SMILES string of the molecule is Cc1c(C(=O)c2ccc(Cl)c([N+](=O)[O-])c2)c(O)n(CCCOC(C)C)c(=O)c1C#N. The Balaban J connectivity index is 2.57. The van der Waals surface area contributed by atoms with E-state index in [9.17, 15) is 30.1 Å². The maximum atomic E-state index is 13.0. The molecule has 1 N–H and O–H groups in total. The van der Waals surface area contributed by atoms with Crippen molar-refractivity contribution < 1.29 is 19.6 Å². The zero-order chi connectivity index (χ0) is 22.6. The molecule has 10 heteroatoms. The Labute approximate surface area is 177 Å². The number of nitrogens with zero attached hydrogens (tertiary/aromatic N) is 3. The highest BCUT2D eigenvalue weighted by Gasteiger charge is 2.26. The summed E-state index contributed by atoms with van der Waals surface area (Å²) in [5.41, 5.74) is -1.87. The maximum Gasteiger partial charge on any atom is 0.288 e. The normalized spacial score (nSPS) is 10.8. The van der Waals surface area contributed by atoms with Gasteiger partial charge in [-0.1, -0.05) is 11.6 Å². The van der Waals surface area contributed by atoms with Crippen molar-refractivity contribution in [2.24, 2.45) is 0 Å². The van der Waals surface area contributed by atoms with Crippen LogP contribution in [0.1, 0.15) is 47.3 Å². The number of pyridine rings is 1. The molecule has 0 aliphatic carbocycles. The van der Waals surface area contributed by atoms with Gasteiger partial charge in [-0.05, 0) is 44.9 Å². The van der Waals surface area contributed by atoms with Crippen molar-refractivity contribution in [3.8, 4) is 11.9 Å². The Kier molecular flexibility index (Phi) is 7.32. The van der Waals surface area contributed by atoms with E-state index in [1.54, 1.807) is 6.07 Å². The standard InChI is InChI=1S/C20H20ClN3O6/c1-11(2)30-8-4-7-23-19(26)14(10-22)12(3)17(20(23)27)18(25)13-5-6-15(21)16(9-13)24(28)29/h5-6,9,11,27H,4,7-8H2,1-3H3. The van der Waals surface area contributed by atoms with E-state index < -0.39 is 27.8 Å². The molecule has 1 aromatic carbocycles. The molecule has 0 bridgehead atoms. The number of hydrogen-bond donors (Lipinski definition) is 1. The van der Waals surface area contributed by atoms with Gasteiger partial charge in [0.1, 0.15) is 16.7 Å². The van der Waals surface area contributed by atoms with Crippen LogP contribution in [0.5, 0.6) is 5.88 Å². The molecule has 1 heterocycles. The molecule has 2 rings (SSSR count). The molecule has 0 saturated heterocycles. The summed E-state index contributed by atoms with van der Waals surface area (Å²) >= 11 is 5.79. The number of nitro benzene ring substituents is 1. The summed E-state index contributed by atoms with van der Waals surface area (Å²) in [5, 5.41) is 31.1. The number of nitriles is 1. The summed E-state index contributed by atoms with van der Waals surface area (Å²) in [6.45, 7) is 5.40. The van der Waals surface area contributed by atoms with Gasteiger partial charge in [0.25, 0.3) is 11.2 Å². The second-order valence-electron chi connectivity index (χ2n) is 6.79. The van der Waals surface area contributed by atoms with Gasteiger partial charge < -0.3 is 9.84 Å². The van der Waals surface area contributed by atoms with Crippen molar-refractivity contribution in [3.05, 3.63) is 65.9 Å². The van der Waals surface area contributed by atoms with Gasteiger partial charge in [0.2, 0.25) is 5.88 Å². The van der Waals surface area contributed by atoms with Crippen LogP contribution in [0.4, 0.5) is 5.69 Å². The van der Waals surface area contributed by atoms with Crippen LogP contribution in [0.25, 0.3) is 0 Å². The quantitative estimate of drug-likeness (QED) is 0.292. The Morgan fingerprint density at radius 1 is 1.43 bits per heavy atom. The van der Waals surface area contributed by atoms with Crippen molar-refractivity contribution in [3.63, 3.8) is 0 Å². The minimum atomic E-state index is -0.770. The summed E-state index contributed by atoms with van der Waals surface area (Å²) < 4.78 is 6.35. The topological polar surface area (TPSA) is 135 Å². The molecule has 0 amide bonds. The predicted octanol–water partition coefficient (Wildman–Crippen LogP) is 3.34. The van der Waals surface area contributed by atoms with Crippen molar-refractivity contribution in [1.29, 1.82) is 5.26 Å². The molecule has 0 unspecified atom stereocenters. The lowest BCUT2D eigenvalue weighted by Crippen LogP contribution is -2.27. The number of benzene rings is 1. The minimum absolute atomic E-state index is 0.00252.